The number of nitrogens with zero attached hydrogens (tertiary/aromatic N) is 4. The molecule has 0 spiro atoms. The molecule has 0 saturated heterocycles. The summed E-state index contributed by atoms with van der Waals surface area (Å²) in [6.07, 6.45) is 3.88. The van der Waals surface area contributed by atoms with Crippen molar-refractivity contribution in [3.63, 3.8) is 0 Å². The molecule has 1 N–H and O–H groups in total. The molecule has 0 fully saturated rings. The van der Waals surface area contributed by atoms with Gasteiger partial charge in [-0.25, -0.2) is 0 Å². The van der Waals surface area contributed by atoms with Crippen molar-refractivity contribution in [1.29, 1.82) is 0 Å². The highest BCUT2D eigenvalue weighted by Crippen LogP contribution is 2.09. The van der Waals surface area contributed by atoms with E-state index in [4.69, 9.17) is 0 Å². The summed E-state index contributed by atoms with van der Waals surface area (Å²) >= 11 is 1.49. The maximum atomic E-state index is 4.18. The van der Waals surface area contributed by atoms with Gasteiger partial charge in [-0.1, -0.05) is 11.3 Å². The second-order valence-electron chi connectivity index (χ2n) is 2.80. The van der Waals surface area contributed by atoms with Gasteiger partial charge >= 0.3 is 0 Å². The molecule has 0 aromatic carbocycles. The van der Waals surface area contributed by atoms with Gasteiger partial charge in [0.25, 0.3) is 0 Å². The Balaban J connectivity index is 1.92. The summed E-state index contributed by atoms with van der Waals surface area (Å²) in [5.74, 6) is 0. The molecule has 2 heterocycles. The van der Waals surface area contributed by atoms with Crippen molar-refractivity contribution in [2.75, 3.05) is 5.32 Å². The van der Waals surface area contributed by atoms with E-state index in [1.807, 2.05) is 17.1 Å². The van der Waals surface area contributed by atoms with E-state index in [1.165, 1.54) is 11.3 Å². The molecule has 14 heavy (non-hydrogen) atoms. The highest BCUT2D eigenvalue weighted by atomic mass is 32.1. The van der Waals surface area contributed by atoms with Crippen LogP contribution in [0.4, 0.5) is 5.13 Å². The number of rotatable bonds is 4. The third-order valence-electron chi connectivity index (χ3n) is 1.81. The number of aromatic nitrogens is 4. The highest BCUT2D eigenvalue weighted by molar-refractivity contribution is 7.13. The fraction of sp³-hybridized carbons (Fsp3) is 0.375. The van der Waals surface area contributed by atoms with E-state index < -0.39 is 0 Å². The second-order valence-corrected chi connectivity index (χ2v) is 3.63. The predicted molar refractivity (Wildman–Crippen MR) is 55.1 cm³/mol. The number of aryl methyl sites for hydroxylation is 1. The summed E-state index contributed by atoms with van der Waals surface area (Å²) in [7, 11) is 0. The van der Waals surface area contributed by atoms with Gasteiger partial charge in [-0.2, -0.15) is 5.10 Å². The maximum Gasteiger partial charge on any atom is 0.205 e. The lowest BCUT2D eigenvalue weighted by Gasteiger charge is -1.97. The Morgan fingerprint density at radius 1 is 1.57 bits per heavy atom. The standard InChI is InChI=1S/C8H11N5S/c1-2-13-5-7(4-11-13)3-9-8-12-10-6-14-8/h4-6H,2-3H2,1H3,(H,9,12). The van der Waals surface area contributed by atoms with E-state index in [0.717, 1.165) is 23.8 Å². The first-order valence-electron chi connectivity index (χ1n) is 4.40. The third kappa shape index (κ3) is 2.08. The van der Waals surface area contributed by atoms with Gasteiger partial charge in [-0.3, -0.25) is 4.68 Å². The number of anilines is 1. The van der Waals surface area contributed by atoms with Crippen LogP contribution in [0.15, 0.2) is 17.9 Å². The van der Waals surface area contributed by atoms with E-state index in [-0.39, 0.29) is 0 Å². The molecule has 0 radical (unpaired) electrons. The van der Waals surface area contributed by atoms with Crippen LogP contribution in [0, 0.1) is 0 Å². The Bertz CT molecular complexity index is 380. The van der Waals surface area contributed by atoms with E-state index >= 15 is 0 Å². The zero-order chi connectivity index (χ0) is 9.80. The normalized spacial score (nSPS) is 10.4. The zero-order valence-corrected chi connectivity index (χ0v) is 8.66. The molecule has 0 atom stereocenters. The minimum atomic E-state index is 0.745. The summed E-state index contributed by atoms with van der Waals surface area (Å²) in [5, 5.41) is 15.8. The Labute approximate surface area is 85.8 Å². The molecular formula is C8H11N5S. The Morgan fingerprint density at radius 2 is 2.50 bits per heavy atom. The molecular weight excluding hydrogens is 198 g/mol. The van der Waals surface area contributed by atoms with Crippen molar-refractivity contribution in [1.82, 2.24) is 20.0 Å². The van der Waals surface area contributed by atoms with Gasteiger partial charge in [-0.05, 0) is 6.92 Å². The highest BCUT2D eigenvalue weighted by Gasteiger charge is 1.98. The molecule has 0 aliphatic heterocycles. The molecule has 2 rings (SSSR count). The summed E-state index contributed by atoms with van der Waals surface area (Å²) in [5.41, 5.74) is 2.86. The lowest BCUT2D eigenvalue weighted by molar-refractivity contribution is 0.659. The van der Waals surface area contributed by atoms with Crippen LogP contribution >= 0.6 is 11.3 Å². The molecule has 0 saturated carbocycles. The molecule has 74 valence electrons. The van der Waals surface area contributed by atoms with Crippen LogP contribution in [0.3, 0.4) is 0 Å². The quantitative estimate of drug-likeness (QED) is 0.826. The molecule has 5 nitrogen and oxygen atoms in total. The van der Waals surface area contributed by atoms with Gasteiger partial charge in [0.05, 0.1) is 6.20 Å². The maximum absolute atomic E-state index is 4.18. The summed E-state index contributed by atoms with van der Waals surface area (Å²) in [4.78, 5) is 0. The first-order chi connectivity index (χ1) is 6.88. The van der Waals surface area contributed by atoms with Gasteiger partial charge in [0, 0.05) is 24.8 Å². The lowest BCUT2D eigenvalue weighted by atomic mass is 10.4. The number of hydrogen-bond acceptors (Lipinski definition) is 5. The average molecular weight is 209 g/mol. The van der Waals surface area contributed by atoms with Crippen LogP contribution in [0.2, 0.25) is 0 Å². The molecule has 2 aromatic rings. The Morgan fingerprint density at radius 3 is 3.14 bits per heavy atom. The fourth-order valence-corrected chi connectivity index (χ4v) is 1.54. The van der Waals surface area contributed by atoms with E-state index in [9.17, 15) is 0 Å². The van der Waals surface area contributed by atoms with Crippen molar-refractivity contribution in [2.24, 2.45) is 0 Å². The first-order valence-corrected chi connectivity index (χ1v) is 5.28. The van der Waals surface area contributed by atoms with Crippen molar-refractivity contribution < 1.29 is 0 Å². The first kappa shape index (κ1) is 9.14. The van der Waals surface area contributed by atoms with E-state index in [2.05, 4.69) is 27.5 Å². The minimum absolute atomic E-state index is 0.745. The van der Waals surface area contributed by atoms with Crippen molar-refractivity contribution in [3.05, 3.63) is 23.5 Å². The monoisotopic (exact) mass is 209 g/mol. The van der Waals surface area contributed by atoms with Gasteiger partial charge in [0.1, 0.15) is 5.51 Å². The largest absolute Gasteiger partial charge is 0.356 e. The molecule has 0 aliphatic carbocycles. The predicted octanol–water partition coefficient (Wildman–Crippen LogP) is 1.37. The molecule has 2 aromatic heterocycles. The summed E-state index contributed by atoms with van der Waals surface area (Å²) in [6, 6.07) is 0. The lowest BCUT2D eigenvalue weighted by Crippen LogP contribution is -1.98. The topological polar surface area (TPSA) is 55.6 Å². The number of hydrogen-bond donors (Lipinski definition) is 1. The van der Waals surface area contributed by atoms with Crippen LogP contribution < -0.4 is 5.32 Å². The van der Waals surface area contributed by atoms with Crippen LogP contribution in [-0.4, -0.2) is 20.0 Å². The Kier molecular flexibility index (Phi) is 2.73. The molecule has 0 bridgehead atoms. The summed E-state index contributed by atoms with van der Waals surface area (Å²) < 4.78 is 1.90. The minimum Gasteiger partial charge on any atom is -0.356 e. The van der Waals surface area contributed by atoms with Gasteiger partial charge in [0.2, 0.25) is 5.13 Å². The van der Waals surface area contributed by atoms with Crippen LogP contribution in [0.1, 0.15) is 12.5 Å². The fourth-order valence-electron chi connectivity index (χ4n) is 1.10. The van der Waals surface area contributed by atoms with Crippen molar-refractivity contribution >= 4 is 16.5 Å². The van der Waals surface area contributed by atoms with Gasteiger partial charge < -0.3 is 5.32 Å². The SMILES string of the molecule is CCn1cc(CNc2nncs2)cn1. The van der Waals surface area contributed by atoms with Crippen molar-refractivity contribution in [3.8, 4) is 0 Å². The number of nitrogens with one attached hydrogen (secondary N) is 1. The third-order valence-corrected chi connectivity index (χ3v) is 2.46. The second kappa shape index (κ2) is 4.19. The van der Waals surface area contributed by atoms with Crippen LogP contribution in [-0.2, 0) is 13.1 Å². The van der Waals surface area contributed by atoms with E-state index in [0.29, 0.717) is 0 Å². The van der Waals surface area contributed by atoms with Crippen LogP contribution in [0.25, 0.3) is 0 Å². The molecule has 6 heteroatoms. The average Bonchev–Trinajstić information content (AvgIpc) is 2.86. The summed E-state index contributed by atoms with van der Waals surface area (Å²) in [6.45, 7) is 3.71. The van der Waals surface area contributed by atoms with Crippen molar-refractivity contribution in [2.45, 2.75) is 20.0 Å². The van der Waals surface area contributed by atoms with Gasteiger partial charge in [0.15, 0.2) is 0 Å². The van der Waals surface area contributed by atoms with Crippen LogP contribution in [0.5, 0.6) is 0 Å². The zero-order valence-electron chi connectivity index (χ0n) is 7.84. The Hall–Kier alpha value is -1.43. The molecule has 0 aliphatic rings. The molecule has 0 amide bonds. The van der Waals surface area contributed by atoms with Gasteiger partial charge in [-0.15, -0.1) is 10.2 Å². The molecule has 0 unspecified atom stereocenters. The smallest absolute Gasteiger partial charge is 0.205 e. The van der Waals surface area contributed by atoms with E-state index in [1.54, 1.807) is 5.51 Å².